The molecule has 1 amide bonds. The fraction of sp³-hybridized carbons (Fsp3) is 0.500. The van der Waals surface area contributed by atoms with Crippen LogP contribution in [0.2, 0.25) is 0 Å². The van der Waals surface area contributed by atoms with Crippen LogP contribution in [0.1, 0.15) is 41.5 Å². The van der Waals surface area contributed by atoms with Crippen LogP contribution in [0.5, 0.6) is 0 Å². The minimum Gasteiger partial charge on any atom is -0.460 e. The molecule has 0 aromatic carbocycles. The van der Waals surface area contributed by atoms with Crippen molar-refractivity contribution < 1.29 is 28.6 Å². The molecule has 2 heterocycles. The Labute approximate surface area is 177 Å². The van der Waals surface area contributed by atoms with E-state index in [0.29, 0.717) is 28.1 Å². The number of rotatable bonds is 5. The van der Waals surface area contributed by atoms with Crippen molar-refractivity contribution in [3.63, 3.8) is 0 Å². The molecule has 8 heteroatoms. The first-order valence-electron chi connectivity index (χ1n) is 9.89. The lowest BCUT2D eigenvalue weighted by Gasteiger charge is -2.34. The highest BCUT2D eigenvalue weighted by Gasteiger charge is 2.40. The van der Waals surface area contributed by atoms with Gasteiger partial charge in [0.15, 0.2) is 0 Å². The maximum Gasteiger partial charge on any atom is 0.413 e. The Morgan fingerprint density at radius 1 is 1.00 bits per heavy atom. The Kier molecular flexibility index (Phi) is 7.48. The molecule has 164 valence electrons. The first-order chi connectivity index (χ1) is 14.1. The van der Waals surface area contributed by atoms with E-state index in [1.165, 1.54) is 12.0 Å². The van der Waals surface area contributed by atoms with E-state index in [4.69, 9.17) is 14.2 Å². The molecule has 0 spiro atoms. The zero-order valence-corrected chi connectivity index (χ0v) is 18.6. The van der Waals surface area contributed by atoms with Crippen molar-refractivity contribution in [2.24, 2.45) is 5.92 Å². The number of carbonyl (C=O) groups excluding carboxylic acids is 3. The number of amides is 1. The normalized spacial score (nSPS) is 17.2. The number of nitrogens with one attached hydrogen (secondary N) is 1. The Hall–Kier alpha value is -3.03. The van der Waals surface area contributed by atoms with Crippen LogP contribution in [-0.2, 0) is 23.8 Å². The van der Waals surface area contributed by atoms with Crippen molar-refractivity contribution in [2.45, 2.75) is 53.8 Å². The zero-order valence-electron chi connectivity index (χ0n) is 18.6. The summed E-state index contributed by atoms with van der Waals surface area (Å²) in [4.78, 5) is 39.4. The van der Waals surface area contributed by atoms with Crippen LogP contribution in [0.15, 0.2) is 46.5 Å². The summed E-state index contributed by atoms with van der Waals surface area (Å²) in [6.45, 7) is 10.7. The summed E-state index contributed by atoms with van der Waals surface area (Å²) in [6.07, 6.45) is 3.86. The monoisotopic (exact) mass is 418 g/mol. The smallest absolute Gasteiger partial charge is 0.413 e. The molecular formula is C22H30N2O6. The molecule has 0 saturated carbocycles. The van der Waals surface area contributed by atoms with Gasteiger partial charge in [-0.3, -0.25) is 4.90 Å². The number of dihydropyridines is 1. The minimum absolute atomic E-state index is 0.158. The Morgan fingerprint density at radius 2 is 1.50 bits per heavy atom. The van der Waals surface area contributed by atoms with Gasteiger partial charge >= 0.3 is 18.0 Å². The van der Waals surface area contributed by atoms with Gasteiger partial charge in [0.1, 0.15) is 0 Å². The molecule has 0 saturated heterocycles. The summed E-state index contributed by atoms with van der Waals surface area (Å²) < 4.78 is 15.7. The highest BCUT2D eigenvalue weighted by Crippen LogP contribution is 2.38. The van der Waals surface area contributed by atoms with Crippen LogP contribution >= 0.6 is 0 Å². The highest BCUT2D eigenvalue weighted by molar-refractivity contribution is 5.99. The number of ether oxygens (including phenoxy) is 3. The maximum atomic E-state index is 13.0. The summed E-state index contributed by atoms with van der Waals surface area (Å²) in [5.74, 6) is -1.77. The van der Waals surface area contributed by atoms with E-state index in [1.807, 2.05) is 0 Å². The SMILES string of the molecule is COC(=O)N1C=CC=C(C2C(C(=O)OC(C)C)=C(C)NC(C)=C2C(=O)OC(C)C)C1. The first kappa shape index (κ1) is 23.3. The lowest BCUT2D eigenvalue weighted by atomic mass is 9.79. The van der Waals surface area contributed by atoms with Crippen molar-refractivity contribution in [1.29, 1.82) is 0 Å². The van der Waals surface area contributed by atoms with E-state index >= 15 is 0 Å². The first-order valence-corrected chi connectivity index (χ1v) is 9.89. The molecule has 2 aliphatic heterocycles. The number of carbonyl (C=O) groups is 3. The Balaban J connectivity index is 2.57. The fourth-order valence-corrected chi connectivity index (χ4v) is 3.46. The zero-order chi connectivity index (χ0) is 22.6. The average molecular weight is 418 g/mol. The predicted molar refractivity (Wildman–Crippen MR) is 111 cm³/mol. The number of hydrogen-bond acceptors (Lipinski definition) is 7. The summed E-state index contributed by atoms with van der Waals surface area (Å²) in [7, 11) is 1.30. The minimum atomic E-state index is -0.721. The van der Waals surface area contributed by atoms with Crippen LogP contribution in [0.3, 0.4) is 0 Å². The van der Waals surface area contributed by atoms with Crippen LogP contribution in [0.4, 0.5) is 4.79 Å². The van der Waals surface area contributed by atoms with E-state index < -0.39 is 23.9 Å². The molecule has 0 fully saturated rings. The van der Waals surface area contributed by atoms with Gasteiger partial charge in [0.25, 0.3) is 0 Å². The van der Waals surface area contributed by atoms with Gasteiger partial charge in [-0.15, -0.1) is 0 Å². The lowest BCUT2D eigenvalue weighted by molar-refractivity contribution is -0.144. The van der Waals surface area contributed by atoms with Gasteiger partial charge in [-0.25, -0.2) is 14.4 Å². The van der Waals surface area contributed by atoms with Gasteiger partial charge in [-0.05, 0) is 53.2 Å². The van der Waals surface area contributed by atoms with Gasteiger partial charge in [-0.1, -0.05) is 6.08 Å². The van der Waals surface area contributed by atoms with E-state index in [9.17, 15) is 14.4 Å². The number of allylic oxidation sites excluding steroid dienone is 4. The molecule has 1 N–H and O–H groups in total. The molecular weight excluding hydrogens is 388 g/mol. The average Bonchev–Trinajstić information content (AvgIpc) is 2.65. The van der Waals surface area contributed by atoms with Crippen LogP contribution in [-0.4, -0.2) is 48.8 Å². The number of nitrogens with zero attached hydrogens (tertiary/aromatic N) is 1. The van der Waals surface area contributed by atoms with Gasteiger partial charge in [0.05, 0.1) is 37.0 Å². The molecule has 0 atom stereocenters. The molecule has 2 aliphatic rings. The topological polar surface area (TPSA) is 94.2 Å². The molecule has 0 aromatic heterocycles. The molecule has 0 aliphatic carbocycles. The van der Waals surface area contributed by atoms with Gasteiger partial charge in [-0.2, -0.15) is 0 Å². The summed E-state index contributed by atoms with van der Waals surface area (Å²) in [5.41, 5.74) is 2.48. The molecule has 0 radical (unpaired) electrons. The third-order valence-corrected chi connectivity index (χ3v) is 4.59. The third-order valence-electron chi connectivity index (χ3n) is 4.59. The van der Waals surface area contributed by atoms with Gasteiger partial charge < -0.3 is 19.5 Å². The summed E-state index contributed by atoms with van der Waals surface area (Å²) in [5, 5.41) is 3.11. The molecule has 8 nitrogen and oxygen atoms in total. The lowest BCUT2D eigenvalue weighted by Crippen LogP contribution is -2.39. The van der Waals surface area contributed by atoms with Crippen molar-refractivity contribution in [1.82, 2.24) is 10.2 Å². The Morgan fingerprint density at radius 3 is 1.93 bits per heavy atom. The third kappa shape index (κ3) is 5.11. The summed E-state index contributed by atoms with van der Waals surface area (Å²) in [6, 6.07) is 0. The van der Waals surface area contributed by atoms with E-state index in [2.05, 4.69) is 5.32 Å². The van der Waals surface area contributed by atoms with Crippen LogP contribution in [0.25, 0.3) is 0 Å². The number of esters is 2. The van der Waals surface area contributed by atoms with E-state index in [0.717, 1.165) is 0 Å². The molecule has 0 unspecified atom stereocenters. The van der Waals surface area contributed by atoms with Crippen molar-refractivity contribution in [3.05, 3.63) is 46.5 Å². The van der Waals surface area contributed by atoms with Crippen molar-refractivity contribution in [3.8, 4) is 0 Å². The summed E-state index contributed by atoms with van der Waals surface area (Å²) >= 11 is 0. The van der Waals surface area contributed by atoms with Crippen molar-refractivity contribution >= 4 is 18.0 Å². The standard InChI is InChI=1S/C22H30N2O6/c1-12(2)29-20(25)17-14(5)23-15(6)18(21(26)30-13(3)4)19(17)16-9-8-10-24(11-16)22(27)28-7/h8-10,12-13,19,23H,11H2,1-7H3. The highest BCUT2D eigenvalue weighted by atomic mass is 16.6. The van der Waals surface area contributed by atoms with Gasteiger partial charge in [0.2, 0.25) is 0 Å². The van der Waals surface area contributed by atoms with E-state index in [1.54, 1.807) is 59.9 Å². The largest absolute Gasteiger partial charge is 0.460 e. The second kappa shape index (κ2) is 9.65. The predicted octanol–water partition coefficient (Wildman–Crippen LogP) is 3.18. The second-order valence-electron chi connectivity index (χ2n) is 7.72. The fourth-order valence-electron chi connectivity index (χ4n) is 3.46. The van der Waals surface area contributed by atoms with E-state index in [-0.39, 0.29) is 18.8 Å². The van der Waals surface area contributed by atoms with Crippen LogP contribution in [0, 0.1) is 5.92 Å². The van der Waals surface area contributed by atoms with Crippen molar-refractivity contribution in [2.75, 3.05) is 13.7 Å². The van der Waals surface area contributed by atoms with Crippen LogP contribution < -0.4 is 5.32 Å². The molecule has 2 rings (SSSR count). The number of methoxy groups -OCH3 is 1. The molecule has 30 heavy (non-hydrogen) atoms. The quantitative estimate of drug-likeness (QED) is 0.541. The maximum absolute atomic E-state index is 13.0. The Bertz CT molecular complexity index is 804. The molecule has 0 aromatic rings. The second-order valence-corrected chi connectivity index (χ2v) is 7.72. The van der Waals surface area contributed by atoms with Gasteiger partial charge in [0, 0.05) is 23.5 Å². The molecule has 0 bridgehead atoms. The number of hydrogen-bond donors (Lipinski definition) is 1.